The lowest BCUT2D eigenvalue weighted by Crippen LogP contribution is -2.21. The fourth-order valence-electron chi connectivity index (χ4n) is 1.41. The van der Waals surface area contributed by atoms with Crippen molar-refractivity contribution in [1.82, 2.24) is 20.0 Å². The molecule has 0 aromatic carbocycles. The van der Waals surface area contributed by atoms with Gasteiger partial charge >= 0.3 is 11.6 Å². The minimum absolute atomic E-state index is 0.0499. The third kappa shape index (κ3) is 3.14. The van der Waals surface area contributed by atoms with Gasteiger partial charge in [-0.05, 0) is 12.1 Å². The Morgan fingerprint density at radius 1 is 1.40 bits per heavy atom. The number of pyridine rings is 1. The van der Waals surface area contributed by atoms with E-state index >= 15 is 0 Å². The number of anilines is 1. The topological polar surface area (TPSA) is 106 Å². The van der Waals surface area contributed by atoms with E-state index in [4.69, 9.17) is 4.74 Å². The summed E-state index contributed by atoms with van der Waals surface area (Å²) in [6, 6.07) is 3.28. The van der Waals surface area contributed by atoms with Crippen LogP contribution in [0.2, 0.25) is 0 Å². The molecule has 0 radical (unpaired) electrons. The molecule has 0 aliphatic rings. The highest BCUT2D eigenvalue weighted by Crippen LogP contribution is 2.33. The van der Waals surface area contributed by atoms with Crippen LogP contribution in [0.4, 0.5) is 11.5 Å². The fraction of sp³-hybridized carbons (Fsp3) is 0.182. The van der Waals surface area contributed by atoms with Crippen LogP contribution in [0.3, 0.4) is 0 Å². The Morgan fingerprint density at radius 2 is 2.20 bits per heavy atom. The SMILES string of the molecule is CN(C)Nc1ncnc(Oc2cccnc2)c1[N+](=O)[O-]. The van der Waals surface area contributed by atoms with Crippen LogP contribution in [0.15, 0.2) is 30.9 Å². The zero-order valence-electron chi connectivity index (χ0n) is 10.8. The Labute approximate surface area is 114 Å². The summed E-state index contributed by atoms with van der Waals surface area (Å²) in [7, 11) is 3.38. The third-order valence-corrected chi connectivity index (χ3v) is 2.15. The van der Waals surface area contributed by atoms with Crippen LogP contribution >= 0.6 is 0 Å². The lowest BCUT2D eigenvalue weighted by Gasteiger charge is -2.13. The predicted molar refractivity (Wildman–Crippen MR) is 70.3 cm³/mol. The van der Waals surface area contributed by atoms with Gasteiger partial charge in [0.2, 0.25) is 5.82 Å². The van der Waals surface area contributed by atoms with Gasteiger partial charge in [-0.25, -0.2) is 9.99 Å². The average molecular weight is 276 g/mol. The highest BCUT2D eigenvalue weighted by atomic mass is 16.6. The fourth-order valence-corrected chi connectivity index (χ4v) is 1.41. The summed E-state index contributed by atoms with van der Waals surface area (Å²) in [5.74, 6) is 0.251. The Morgan fingerprint density at radius 3 is 2.80 bits per heavy atom. The molecule has 0 saturated carbocycles. The molecule has 104 valence electrons. The lowest BCUT2D eigenvalue weighted by atomic mass is 10.4. The number of aromatic nitrogens is 3. The van der Waals surface area contributed by atoms with E-state index in [2.05, 4.69) is 20.4 Å². The predicted octanol–water partition coefficient (Wildman–Crippen LogP) is 1.46. The van der Waals surface area contributed by atoms with Gasteiger partial charge in [0.25, 0.3) is 0 Å². The normalized spacial score (nSPS) is 10.3. The van der Waals surface area contributed by atoms with E-state index in [-0.39, 0.29) is 17.4 Å². The zero-order valence-corrected chi connectivity index (χ0v) is 10.8. The molecule has 2 aromatic heterocycles. The van der Waals surface area contributed by atoms with Gasteiger partial charge in [-0.3, -0.25) is 20.5 Å². The molecule has 2 aromatic rings. The lowest BCUT2D eigenvalue weighted by molar-refractivity contribution is -0.385. The molecule has 1 N–H and O–H groups in total. The Kier molecular flexibility index (Phi) is 4.01. The summed E-state index contributed by atoms with van der Waals surface area (Å²) in [4.78, 5) is 22.1. The van der Waals surface area contributed by atoms with Gasteiger partial charge in [0.1, 0.15) is 12.1 Å². The molecule has 0 unspecified atom stereocenters. The first-order valence-electron chi connectivity index (χ1n) is 5.59. The standard InChI is InChI=1S/C11H12N6O3/c1-16(2)15-10-9(17(18)19)11(14-7-13-10)20-8-4-3-5-12-6-8/h3-7H,1-2H3,(H,13,14,15). The van der Waals surface area contributed by atoms with Gasteiger partial charge in [-0.15, -0.1) is 0 Å². The van der Waals surface area contributed by atoms with Crippen LogP contribution in [0.5, 0.6) is 11.6 Å². The molecule has 0 bridgehead atoms. The van der Waals surface area contributed by atoms with Gasteiger partial charge in [0.15, 0.2) is 0 Å². The molecule has 0 aliphatic carbocycles. The summed E-state index contributed by atoms with van der Waals surface area (Å²) in [6.45, 7) is 0. The van der Waals surface area contributed by atoms with E-state index in [1.807, 2.05) is 0 Å². The van der Waals surface area contributed by atoms with Crippen molar-refractivity contribution >= 4 is 11.5 Å². The van der Waals surface area contributed by atoms with Crippen molar-refractivity contribution in [2.45, 2.75) is 0 Å². The molecule has 9 nitrogen and oxygen atoms in total. The molecule has 0 spiro atoms. The third-order valence-electron chi connectivity index (χ3n) is 2.15. The maximum Gasteiger partial charge on any atom is 0.374 e. The molecular formula is C11H12N6O3. The molecule has 20 heavy (non-hydrogen) atoms. The first-order chi connectivity index (χ1) is 9.58. The number of nitrogens with zero attached hydrogens (tertiary/aromatic N) is 5. The summed E-state index contributed by atoms with van der Waals surface area (Å²) < 4.78 is 5.38. The number of nitrogens with one attached hydrogen (secondary N) is 1. The van der Waals surface area contributed by atoms with E-state index in [0.717, 1.165) is 0 Å². The summed E-state index contributed by atoms with van der Waals surface area (Å²) in [5, 5.41) is 12.7. The summed E-state index contributed by atoms with van der Waals surface area (Å²) >= 11 is 0. The van der Waals surface area contributed by atoms with Crippen molar-refractivity contribution in [2.24, 2.45) is 0 Å². The average Bonchev–Trinajstić information content (AvgIpc) is 2.39. The van der Waals surface area contributed by atoms with E-state index in [1.54, 1.807) is 32.4 Å². The maximum atomic E-state index is 11.2. The summed E-state index contributed by atoms with van der Waals surface area (Å²) in [5.41, 5.74) is 2.38. The first-order valence-corrected chi connectivity index (χ1v) is 5.59. The van der Waals surface area contributed by atoms with Crippen molar-refractivity contribution in [3.63, 3.8) is 0 Å². The number of nitro groups is 1. The summed E-state index contributed by atoms with van der Waals surface area (Å²) in [6.07, 6.45) is 4.19. The molecule has 0 saturated heterocycles. The Hall–Kier alpha value is -2.81. The van der Waals surface area contributed by atoms with Crippen LogP contribution in [-0.2, 0) is 0 Å². The first kappa shape index (κ1) is 13.6. The van der Waals surface area contributed by atoms with Gasteiger partial charge in [-0.1, -0.05) is 0 Å². The van der Waals surface area contributed by atoms with Gasteiger partial charge in [0.05, 0.1) is 11.1 Å². The van der Waals surface area contributed by atoms with Gasteiger partial charge in [0, 0.05) is 20.3 Å². The second kappa shape index (κ2) is 5.89. The Bertz CT molecular complexity index is 604. The molecular weight excluding hydrogens is 264 g/mol. The Balaban J connectivity index is 2.39. The van der Waals surface area contributed by atoms with E-state index in [0.29, 0.717) is 5.75 Å². The van der Waals surface area contributed by atoms with Crippen LogP contribution in [-0.4, -0.2) is 39.0 Å². The van der Waals surface area contributed by atoms with Crippen LogP contribution < -0.4 is 10.2 Å². The quantitative estimate of drug-likeness (QED) is 0.646. The smallest absolute Gasteiger partial charge is 0.374 e. The molecule has 0 atom stereocenters. The van der Waals surface area contributed by atoms with Crippen molar-refractivity contribution in [1.29, 1.82) is 0 Å². The van der Waals surface area contributed by atoms with E-state index in [9.17, 15) is 10.1 Å². The molecule has 0 amide bonds. The minimum Gasteiger partial charge on any atom is -0.432 e. The molecule has 2 rings (SSSR count). The highest BCUT2D eigenvalue weighted by Gasteiger charge is 2.25. The number of hydrogen-bond donors (Lipinski definition) is 1. The molecule has 0 fully saturated rings. The van der Waals surface area contributed by atoms with Crippen molar-refractivity contribution < 1.29 is 9.66 Å². The van der Waals surface area contributed by atoms with Crippen LogP contribution in [0.25, 0.3) is 0 Å². The van der Waals surface area contributed by atoms with Crippen molar-refractivity contribution in [3.05, 3.63) is 41.0 Å². The maximum absolute atomic E-state index is 11.2. The van der Waals surface area contributed by atoms with E-state index in [1.165, 1.54) is 17.5 Å². The van der Waals surface area contributed by atoms with Crippen LogP contribution in [0.1, 0.15) is 0 Å². The molecule has 2 heterocycles. The minimum atomic E-state index is -0.600. The highest BCUT2D eigenvalue weighted by molar-refractivity contribution is 5.61. The second-order valence-electron chi connectivity index (χ2n) is 3.93. The van der Waals surface area contributed by atoms with Crippen LogP contribution in [0, 0.1) is 10.1 Å². The van der Waals surface area contributed by atoms with Gasteiger partial charge < -0.3 is 4.74 Å². The number of rotatable bonds is 5. The van der Waals surface area contributed by atoms with Gasteiger partial charge in [-0.2, -0.15) is 4.98 Å². The molecule has 9 heteroatoms. The number of hydrogen-bond acceptors (Lipinski definition) is 8. The molecule has 0 aliphatic heterocycles. The second-order valence-corrected chi connectivity index (χ2v) is 3.93. The zero-order chi connectivity index (χ0) is 14.5. The number of hydrazine groups is 1. The number of ether oxygens (including phenoxy) is 1. The monoisotopic (exact) mass is 276 g/mol. The van der Waals surface area contributed by atoms with Crippen molar-refractivity contribution in [2.75, 3.05) is 19.5 Å². The van der Waals surface area contributed by atoms with E-state index < -0.39 is 4.92 Å². The largest absolute Gasteiger partial charge is 0.432 e. The van der Waals surface area contributed by atoms with Crippen molar-refractivity contribution in [3.8, 4) is 11.6 Å².